The van der Waals surface area contributed by atoms with Crippen LogP contribution in [-0.2, 0) is 9.59 Å². The number of carbonyl (C=O) groups is 2. The summed E-state index contributed by atoms with van der Waals surface area (Å²) < 4.78 is 0. The second-order valence-corrected chi connectivity index (χ2v) is 4.31. The van der Waals surface area contributed by atoms with Gasteiger partial charge in [0.15, 0.2) is 0 Å². The fraction of sp³-hybridized carbons (Fsp3) is 0.714. The van der Waals surface area contributed by atoms with Gasteiger partial charge in [-0.15, -0.1) is 0 Å². The van der Waals surface area contributed by atoms with E-state index in [0.29, 0.717) is 12.8 Å². The summed E-state index contributed by atoms with van der Waals surface area (Å²) >= 11 is 0. The summed E-state index contributed by atoms with van der Waals surface area (Å²) in [4.78, 5) is 21.9. The van der Waals surface area contributed by atoms with Crippen molar-refractivity contribution in [3.8, 4) is 0 Å². The van der Waals surface area contributed by atoms with Crippen molar-refractivity contribution in [1.29, 1.82) is 0 Å². The van der Waals surface area contributed by atoms with Gasteiger partial charge in [0.25, 0.3) is 0 Å². The van der Waals surface area contributed by atoms with E-state index in [1.54, 1.807) is 14.1 Å². The summed E-state index contributed by atoms with van der Waals surface area (Å²) in [5.74, 6) is 0.237. The molecule has 0 aromatic heterocycles. The smallest absolute Gasteiger partial charge is 0.219 e. The van der Waals surface area contributed by atoms with Crippen LogP contribution in [0, 0.1) is 0 Å². The molecule has 0 aliphatic carbocycles. The van der Waals surface area contributed by atoms with E-state index in [1.165, 1.54) is 0 Å². The van der Waals surface area contributed by atoms with Gasteiger partial charge in [-0.25, -0.2) is 0 Å². The first-order valence-electron chi connectivity index (χ1n) is 6.77. The maximum Gasteiger partial charge on any atom is 0.219 e. The second-order valence-electron chi connectivity index (χ2n) is 4.31. The standard InChI is InChI=1S/C14H26N2O2/c1-15-13(17)11-9-7-5-3-4-6-8-10-12-14(18)16-2/h3-4H,5-12H2,1-2H3,(H,15,17)(H,16,18)/b4-3-. The zero-order valence-electron chi connectivity index (χ0n) is 11.6. The molecule has 104 valence electrons. The number of amides is 2. The Balaban J connectivity index is 3.23. The van der Waals surface area contributed by atoms with Crippen molar-refractivity contribution in [2.45, 2.75) is 51.4 Å². The summed E-state index contributed by atoms with van der Waals surface area (Å²) in [6, 6.07) is 0. The maximum absolute atomic E-state index is 10.9. The molecular weight excluding hydrogens is 228 g/mol. The van der Waals surface area contributed by atoms with Crippen LogP contribution in [0.4, 0.5) is 0 Å². The average molecular weight is 254 g/mol. The molecule has 0 unspecified atom stereocenters. The third-order valence-corrected chi connectivity index (χ3v) is 2.77. The molecule has 0 spiro atoms. The van der Waals surface area contributed by atoms with Gasteiger partial charge in [0, 0.05) is 26.9 Å². The largest absolute Gasteiger partial charge is 0.359 e. The molecule has 2 N–H and O–H groups in total. The molecule has 2 amide bonds. The Morgan fingerprint density at radius 2 is 1.17 bits per heavy atom. The SMILES string of the molecule is CNC(=O)CCCC/C=C\CCCCC(=O)NC. The van der Waals surface area contributed by atoms with Gasteiger partial charge in [-0.1, -0.05) is 12.2 Å². The van der Waals surface area contributed by atoms with Gasteiger partial charge in [-0.3, -0.25) is 9.59 Å². The molecule has 4 nitrogen and oxygen atoms in total. The molecule has 0 saturated carbocycles. The number of carbonyl (C=O) groups excluding carboxylic acids is 2. The van der Waals surface area contributed by atoms with Gasteiger partial charge in [-0.2, -0.15) is 0 Å². The predicted octanol–water partition coefficient (Wildman–Crippen LogP) is 2.16. The van der Waals surface area contributed by atoms with Crippen molar-refractivity contribution >= 4 is 11.8 Å². The van der Waals surface area contributed by atoms with Crippen molar-refractivity contribution in [2.24, 2.45) is 0 Å². The number of hydrogen-bond donors (Lipinski definition) is 2. The lowest BCUT2D eigenvalue weighted by atomic mass is 10.1. The molecule has 0 aliphatic heterocycles. The topological polar surface area (TPSA) is 58.2 Å². The monoisotopic (exact) mass is 254 g/mol. The Hall–Kier alpha value is -1.32. The highest BCUT2D eigenvalue weighted by Gasteiger charge is 1.96. The van der Waals surface area contributed by atoms with Crippen molar-refractivity contribution < 1.29 is 9.59 Å². The highest BCUT2D eigenvalue weighted by Crippen LogP contribution is 2.04. The first kappa shape index (κ1) is 16.7. The van der Waals surface area contributed by atoms with Crippen LogP contribution >= 0.6 is 0 Å². The summed E-state index contributed by atoms with van der Waals surface area (Å²) in [5, 5.41) is 5.23. The lowest BCUT2D eigenvalue weighted by molar-refractivity contribution is -0.121. The Morgan fingerprint density at radius 1 is 0.778 bits per heavy atom. The van der Waals surface area contributed by atoms with E-state index >= 15 is 0 Å². The lowest BCUT2D eigenvalue weighted by Crippen LogP contribution is -2.16. The van der Waals surface area contributed by atoms with Crippen molar-refractivity contribution in [1.82, 2.24) is 10.6 Å². The third-order valence-electron chi connectivity index (χ3n) is 2.77. The minimum absolute atomic E-state index is 0.119. The quantitative estimate of drug-likeness (QED) is 0.463. The van der Waals surface area contributed by atoms with Crippen LogP contribution in [0.3, 0.4) is 0 Å². The average Bonchev–Trinajstić information content (AvgIpc) is 2.40. The van der Waals surface area contributed by atoms with E-state index in [-0.39, 0.29) is 11.8 Å². The van der Waals surface area contributed by atoms with Crippen molar-refractivity contribution in [3.05, 3.63) is 12.2 Å². The molecule has 0 rings (SSSR count). The third kappa shape index (κ3) is 11.2. The summed E-state index contributed by atoms with van der Waals surface area (Å²) in [6.07, 6.45) is 11.7. The predicted molar refractivity (Wildman–Crippen MR) is 74.2 cm³/mol. The summed E-state index contributed by atoms with van der Waals surface area (Å²) in [7, 11) is 3.34. The Labute approximate surface area is 110 Å². The zero-order valence-corrected chi connectivity index (χ0v) is 11.6. The van der Waals surface area contributed by atoms with E-state index in [1.807, 2.05) is 0 Å². The van der Waals surface area contributed by atoms with E-state index in [9.17, 15) is 9.59 Å². The minimum atomic E-state index is 0.119. The molecular formula is C14H26N2O2. The highest BCUT2D eigenvalue weighted by molar-refractivity contribution is 5.75. The Bertz CT molecular complexity index is 237. The number of nitrogens with one attached hydrogen (secondary N) is 2. The zero-order chi connectivity index (χ0) is 13.6. The summed E-state index contributed by atoms with van der Waals surface area (Å²) in [5.41, 5.74) is 0. The second kappa shape index (κ2) is 12.1. The number of rotatable bonds is 10. The molecule has 0 heterocycles. The van der Waals surface area contributed by atoms with Crippen LogP contribution in [-0.4, -0.2) is 25.9 Å². The Morgan fingerprint density at radius 3 is 1.50 bits per heavy atom. The van der Waals surface area contributed by atoms with Gasteiger partial charge in [0.1, 0.15) is 0 Å². The molecule has 0 saturated heterocycles. The normalized spacial score (nSPS) is 10.6. The lowest BCUT2D eigenvalue weighted by Gasteiger charge is -1.98. The molecule has 0 aromatic carbocycles. The van der Waals surface area contributed by atoms with Gasteiger partial charge in [0.05, 0.1) is 0 Å². The maximum atomic E-state index is 10.9. The van der Waals surface area contributed by atoms with E-state index in [2.05, 4.69) is 22.8 Å². The van der Waals surface area contributed by atoms with Gasteiger partial charge >= 0.3 is 0 Å². The molecule has 0 aliphatic rings. The van der Waals surface area contributed by atoms with Crippen LogP contribution in [0.15, 0.2) is 12.2 Å². The molecule has 0 bridgehead atoms. The highest BCUT2D eigenvalue weighted by atomic mass is 16.2. The van der Waals surface area contributed by atoms with Crippen molar-refractivity contribution in [3.63, 3.8) is 0 Å². The van der Waals surface area contributed by atoms with Crippen LogP contribution in [0.2, 0.25) is 0 Å². The van der Waals surface area contributed by atoms with E-state index in [4.69, 9.17) is 0 Å². The van der Waals surface area contributed by atoms with E-state index in [0.717, 1.165) is 38.5 Å². The van der Waals surface area contributed by atoms with Gasteiger partial charge < -0.3 is 10.6 Å². The molecule has 0 radical (unpaired) electrons. The molecule has 0 atom stereocenters. The molecule has 18 heavy (non-hydrogen) atoms. The number of unbranched alkanes of at least 4 members (excludes halogenated alkanes) is 4. The first-order chi connectivity index (χ1) is 8.70. The van der Waals surface area contributed by atoms with Crippen LogP contribution in [0.25, 0.3) is 0 Å². The molecule has 4 heteroatoms. The minimum Gasteiger partial charge on any atom is -0.359 e. The van der Waals surface area contributed by atoms with Crippen molar-refractivity contribution in [2.75, 3.05) is 14.1 Å². The number of allylic oxidation sites excluding steroid dienone is 2. The Kier molecular flexibility index (Phi) is 11.3. The fourth-order valence-corrected chi connectivity index (χ4v) is 1.58. The van der Waals surface area contributed by atoms with Gasteiger partial charge in [0.2, 0.25) is 11.8 Å². The van der Waals surface area contributed by atoms with Crippen LogP contribution in [0.5, 0.6) is 0 Å². The fourth-order valence-electron chi connectivity index (χ4n) is 1.58. The summed E-state index contributed by atoms with van der Waals surface area (Å²) in [6.45, 7) is 0. The number of hydrogen-bond acceptors (Lipinski definition) is 2. The molecule has 0 aromatic rings. The molecule has 0 fully saturated rings. The van der Waals surface area contributed by atoms with Crippen LogP contribution in [0.1, 0.15) is 51.4 Å². The first-order valence-corrected chi connectivity index (χ1v) is 6.77. The van der Waals surface area contributed by atoms with E-state index < -0.39 is 0 Å². The van der Waals surface area contributed by atoms with Gasteiger partial charge in [-0.05, 0) is 38.5 Å². The van der Waals surface area contributed by atoms with Crippen LogP contribution < -0.4 is 10.6 Å².